The molecule has 1 heterocycles. The molecule has 1 rings (SSSR count). The summed E-state index contributed by atoms with van der Waals surface area (Å²) in [5.74, 6) is -0.714. The molecule has 4 heteroatoms. The van der Waals surface area contributed by atoms with Gasteiger partial charge in [0, 0.05) is 12.1 Å². The van der Waals surface area contributed by atoms with Gasteiger partial charge in [0.05, 0.1) is 17.9 Å². The highest BCUT2D eigenvalue weighted by Gasteiger charge is 2.25. The first-order valence-electron chi connectivity index (χ1n) is 6.35. The molecule has 0 aliphatic carbocycles. The molecule has 0 atom stereocenters. The van der Waals surface area contributed by atoms with Crippen molar-refractivity contribution in [2.45, 2.75) is 39.7 Å². The van der Waals surface area contributed by atoms with Gasteiger partial charge in [0.1, 0.15) is 0 Å². The number of carbonyl (C=O) groups is 1. The Kier molecular flexibility index (Phi) is 5.41. The Labute approximate surface area is 109 Å². The molecule has 18 heavy (non-hydrogen) atoms. The molecule has 0 aromatic carbocycles. The Morgan fingerprint density at radius 3 is 2.72 bits per heavy atom. The highest BCUT2D eigenvalue weighted by atomic mass is 16.4. The second kappa shape index (κ2) is 6.59. The molecule has 1 aromatic rings. The Morgan fingerprint density at radius 1 is 1.44 bits per heavy atom. The van der Waals surface area contributed by atoms with Gasteiger partial charge in [0.2, 0.25) is 0 Å². The molecule has 4 nitrogen and oxygen atoms in total. The highest BCUT2D eigenvalue weighted by molar-refractivity contribution is 5.73. The second-order valence-corrected chi connectivity index (χ2v) is 5.52. The van der Waals surface area contributed by atoms with Crippen molar-refractivity contribution in [3.63, 3.8) is 0 Å². The predicted molar refractivity (Wildman–Crippen MR) is 70.3 cm³/mol. The van der Waals surface area contributed by atoms with Crippen LogP contribution >= 0.6 is 0 Å². The van der Waals surface area contributed by atoms with Crippen LogP contribution < -0.4 is 0 Å². The predicted octanol–water partition coefficient (Wildman–Crippen LogP) is 2.99. The van der Waals surface area contributed by atoms with E-state index in [2.05, 4.69) is 11.9 Å². The molecule has 102 valence electrons. The number of nitrogens with zero attached hydrogens (tertiary/aromatic N) is 1. The van der Waals surface area contributed by atoms with E-state index < -0.39 is 11.4 Å². The van der Waals surface area contributed by atoms with E-state index in [1.165, 1.54) is 5.56 Å². The van der Waals surface area contributed by atoms with Crippen LogP contribution in [-0.4, -0.2) is 29.6 Å². The lowest BCUT2D eigenvalue weighted by molar-refractivity contribution is -0.147. The maximum Gasteiger partial charge on any atom is 0.309 e. The Morgan fingerprint density at radius 2 is 2.17 bits per heavy atom. The molecule has 0 bridgehead atoms. The first kappa shape index (κ1) is 14.8. The number of hydrogen-bond acceptors (Lipinski definition) is 3. The second-order valence-electron chi connectivity index (χ2n) is 5.52. The van der Waals surface area contributed by atoms with Gasteiger partial charge in [-0.05, 0) is 46.3 Å². The molecule has 1 aromatic heterocycles. The van der Waals surface area contributed by atoms with Crippen LogP contribution in [0.3, 0.4) is 0 Å². The van der Waals surface area contributed by atoms with Gasteiger partial charge in [-0.25, -0.2) is 0 Å². The molecule has 0 spiro atoms. The van der Waals surface area contributed by atoms with Crippen LogP contribution in [0.4, 0.5) is 0 Å². The summed E-state index contributed by atoms with van der Waals surface area (Å²) in [6, 6.07) is 1.96. The first-order chi connectivity index (χ1) is 8.42. The van der Waals surface area contributed by atoms with Crippen LogP contribution in [0, 0.1) is 5.41 Å². The minimum atomic E-state index is -0.714. The van der Waals surface area contributed by atoms with E-state index in [0.29, 0.717) is 0 Å². The zero-order chi connectivity index (χ0) is 13.6. The molecule has 0 fully saturated rings. The molecule has 0 aliphatic heterocycles. The fourth-order valence-electron chi connectivity index (χ4n) is 1.83. The average Bonchev–Trinajstić information content (AvgIpc) is 2.77. The van der Waals surface area contributed by atoms with E-state index in [1.54, 1.807) is 26.4 Å². The van der Waals surface area contributed by atoms with Crippen LogP contribution in [0.2, 0.25) is 0 Å². The third-order valence-electron chi connectivity index (χ3n) is 3.20. The normalized spacial score (nSPS) is 12.0. The summed E-state index contributed by atoms with van der Waals surface area (Å²) in [5, 5.41) is 9.00. The monoisotopic (exact) mass is 253 g/mol. The third-order valence-corrected chi connectivity index (χ3v) is 3.20. The number of carboxylic acid groups (broad SMARTS) is 1. The van der Waals surface area contributed by atoms with Crippen molar-refractivity contribution in [2.24, 2.45) is 5.41 Å². The van der Waals surface area contributed by atoms with Crippen LogP contribution in [0.5, 0.6) is 0 Å². The molecule has 0 aliphatic rings. The van der Waals surface area contributed by atoms with Gasteiger partial charge in [-0.2, -0.15) is 0 Å². The van der Waals surface area contributed by atoms with Crippen LogP contribution in [0.15, 0.2) is 23.0 Å². The van der Waals surface area contributed by atoms with Crippen LogP contribution in [0.1, 0.15) is 38.7 Å². The Hall–Kier alpha value is -1.29. The smallest absolute Gasteiger partial charge is 0.309 e. The molecular formula is C14H23NO3. The summed E-state index contributed by atoms with van der Waals surface area (Å²) in [7, 11) is 2.06. The summed E-state index contributed by atoms with van der Waals surface area (Å²) in [4.78, 5) is 13.2. The highest BCUT2D eigenvalue weighted by Crippen LogP contribution is 2.23. The van der Waals surface area contributed by atoms with E-state index in [0.717, 1.165) is 32.4 Å². The minimum Gasteiger partial charge on any atom is -0.481 e. The SMILES string of the molecule is CN(CCCCC(C)(C)C(=O)O)Cc1ccoc1. The van der Waals surface area contributed by atoms with Gasteiger partial charge in [0.25, 0.3) is 0 Å². The summed E-state index contributed by atoms with van der Waals surface area (Å²) in [5.41, 5.74) is 0.562. The quantitative estimate of drug-likeness (QED) is 0.724. The van der Waals surface area contributed by atoms with Crippen molar-refractivity contribution in [2.75, 3.05) is 13.6 Å². The first-order valence-corrected chi connectivity index (χ1v) is 6.35. The summed E-state index contributed by atoms with van der Waals surface area (Å²) in [6.45, 7) is 5.41. The molecule has 0 saturated heterocycles. The van der Waals surface area contributed by atoms with Gasteiger partial charge in [-0.15, -0.1) is 0 Å². The number of unbranched alkanes of at least 4 members (excludes halogenated alkanes) is 1. The van der Waals surface area contributed by atoms with Crippen LogP contribution in [0.25, 0.3) is 0 Å². The molecule has 0 saturated carbocycles. The lowest BCUT2D eigenvalue weighted by atomic mass is 9.87. The largest absolute Gasteiger partial charge is 0.481 e. The van der Waals surface area contributed by atoms with Crippen molar-refractivity contribution < 1.29 is 14.3 Å². The number of hydrogen-bond donors (Lipinski definition) is 1. The third kappa shape index (κ3) is 4.92. The van der Waals surface area contributed by atoms with Crippen LogP contribution in [-0.2, 0) is 11.3 Å². The zero-order valence-electron chi connectivity index (χ0n) is 11.5. The van der Waals surface area contributed by atoms with E-state index in [9.17, 15) is 4.79 Å². The Bertz CT molecular complexity index is 357. The molecule has 0 unspecified atom stereocenters. The molecule has 0 radical (unpaired) electrons. The van der Waals surface area contributed by atoms with Gasteiger partial charge in [-0.3, -0.25) is 4.79 Å². The van der Waals surface area contributed by atoms with Crippen molar-refractivity contribution >= 4 is 5.97 Å². The molecule has 0 amide bonds. The fraction of sp³-hybridized carbons (Fsp3) is 0.643. The van der Waals surface area contributed by atoms with Gasteiger partial charge in [0.15, 0.2) is 0 Å². The van der Waals surface area contributed by atoms with Crippen molar-refractivity contribution in [3.8, 4) is 0 Å². The van der Waals surface area contributed by atoms with Crippen molar-refractivity contribution in [3.05, 3.63) is 24.2 Å². The number of aliphatic carboxylic acids is 1. The summed E-state index contributed by atoms with van der Waals surface area (Å²) < 4.78 is 5.02. The lowest BCUT2D eigenvalue weighted by Gasteiger charge is -2.20. The minimum absolute atomic E-state index is 0.608. The van der Waals surface area contributed by atoms with E-state index in [4.69, 9.17) is 9.52 Å². The zero-order valence-corrected chi connectivity index (χ0v) is 11.5. The van der Waals surface area contributed by atoms with Gasteiger partial charge < -0.3 is 14.4 Å². The molecular weight excluding hydrogens is 230 g/mol. The fourth-order valence-corrected chi connectivity index (χ4v) is 1.83. The lowest BCUT2D eigenvalue weighted by Crippen LogP contribution is -2.24. The maximum absolute atomic E-state index is 10.9. The number of carboxylic acids is 1. The van der Waals surface area contributed by atoms with Crippen molar-refractivity contribution in [1.29, 1.82) is 0 Å². The number of rotatable bonds is 8. The topological polar surface area (TPSA) is 53.7 Å². The summed E-state index contributed by atoms with van der Waals surface area (Å²) >= 11 is 0. The summed E-state index contributed by atoms with van der Waals surface area (Å²) in [6.07, 6.45) is 6.12. The van der Waals surface area contributed by atoms with E-state index in [-0.39, 0.29) is 0 Å². The van der Waals surface area contributed by atoms with E-state index in [1.807, 2.05) is 6.07 Å². The average molecular weight is 253 g/mol. The van der Waals surface area contributed by atoms with Crippen molar-refractivity contribution in [1.82, 2.24) is 4.90 Å². The molecule has 1 N–H and O–H groups in total. The number of furan rings is 1. The van der Waals surface area contributed by atoms with Gasteiger partial charge >= 0.3 is 5.97 Å². The van der Waals surface area contributed by atoms with E-state index >= 15 is 0 Å². The standard InChI is InChI=1S/C14H23NO3/c1-14(2,13(16)17)7-4-5-8-15(3)10-12-6-9-18-11-12/h6,9,11H,4-5,7-8,10H2,1-3H3,(H,16,17). The Balaban J connectivity index is 2.16. The maximum atomic E-state index is 10.9. The van der Waals surface area contributed by atoms with Gasteiger partial charge in [-0.1, -0.05) is 6.42 Å².